The van der Waals surface area contributed by atoms with E-state index in [2.05, 4.69) is 16.3 Å². The van der Waals surface area contributed by atoms with E-state index in [1.807, 2.05) is 0 Å². The first kappa shape index (κ1) is 14.7. The molecule has 0 aliphatic rings. The van der Waals surface area contributed by atoms with Crippen LogP contribution in [0.3, 0.4) is 0 Å². The van der Waals surface area contributed by atoms with Crippen molar-refractivity contribution in [1.82, 2.24) is 9.71 Å². The van der Waals surface area contributed by atoms with Crippen molar-refractivity contribution < 1.29 is 17.5 Å². The lowest BCUT2D eigenvalue weighted by atomic mass is 10.5. The zero-order valence-electron chi connectivity index (χ0n) is 9.80. The van der Waals surface area contributed by atoms with E-state index in [9.17, 15) is 12.8 Å². The fraction of sp³-hybridized carbons (Fsp3) is 0.364. The maximum Gasteiger partial charge on any atom is 0.261 e. The maximum absolute atomic E-state index is 13.2. The highest BCUT2D eigenvalue weighted by molar-refractivity contribution is 7.89. The zero-order chi connectivity index (χ0) is 13.4. The van der Waals surface area contributed by atoms with Gasteiger partial charge in [0.2, 0.25) is 5.03 Å². The molecule has 0 radical (unpaired) electrons. The van der Waals surface area contributed by atoms with Crippen LogP contribution in [0, 0.1) is 5.82 Å². The second-order valence-electron chi connectivity index (χ2n) is 3.38. The molecule has 0 aliphatic heterocycles. The molecule has 0 fully saturated rings. The van der Waals surface area contributed by atoms with E-state index < -0.39 is 20.9 Å². The first-order chi connectivity index (χ1) is 8.58. The molecular weight excluding hydrogens is 259 g/mol. The van der Waals surface area contributed by atoms with Crippen LogP contribution in [-0.4, -0.2) is 33.2 Å². The Labute approximate surface area is 106 Å². The third-order valence-corrected chi connectivity index (χ3v) is 3.38. The number of sulfonamides is 1. The predicted molar refractivity (Wildman–Crippen MR) is 65.0 cm³/mol. The molecule has 0 aromatic carbocycles. The Morgan fingerprint density at radius 2 is 2.28 bits per heavy atom. The molecule has 1 rings (SSSR count). The van der Waals surface area contributed by atoms with Crippen molar-refractivity contribution >= 4 is 10.0 Å². The number of aromatic nitrogens is 1. The Morgan fingerprint density at radius 1 is 1.50 bits per heavy atom. The number of nitrogens with zero attached hydrogens (tertiary/aromatic N) is 1. The standard InChI is InChI=1S/C11H15FN2O3S/c1-2-3-8-17-9-7-14-18(15,16)11-10(12)5-4-6-13-11/h2,4-6,14H,1,3,7-9H2. The van der Waals surface area contributed by atoms with Crippen LogP contribution in [0.5, 0.6) is 0 Å². The van der Waals surface area contributed by atoms with E-state index >= 15 is 0 Å². The van der Waals surface area contributed by atoms with Crippen molar-refractivity contribution in [3.63, 3.8) is 0 Å². The molecule has 5 nitrogen and oxygen atoms in total. The summed E-state index contributed by atoms with van der Waals surface area (Å²) >= 11 is 0. The summed E-state index contributed by atoms with van der Waals surface area (Å²) in [6.45, 7) is 4.28. The number of hydrogen-bond donors (Lipinski definition) is 1. The van der Waals surface area contributed by atoms with Gasteiger partial charge in [-0.2, -0.15) is 0 Å². The third kappa shape index (κ3) is 4.52. The van der Waals surface area contributed by atoms with Gasteiger partial charge in [-0.25, -0.2) is 22.5 Å². The quantitative estimate of drug-likeness (QED) is 0.569. The maximum atomic E-state index is 13.2. The molecule has 18 heavy (non-hydrogen) atoms. The first-order valence-corrected chi connectivity index (χ1v) is 6.85. The summed E-state index contributed by atoms with van der Waals surface area (Å²) < 4.78 is 43.9. The second-order valence-corrected chi connectivity index (χ2v) is 5.06. The van der Waals surface area contributed by atoms with Crippen LogP contribution < -0.4 is 4.72 Å². The second kappa shape index (κ2) is 7.20. The summed E-state index contributed by atoms with van der Waals surface area (Å²) in [5.41, 5.74) is 0. The Kier molecular flexibility index (Phi) is 5.90. The number of ether oxygens (including phenoxy) is 1. The van der Waals surface area contributed by atoms with Crippen molar-refractivity contribution in [3.05, 3.63) is 36.8 Å². The monoisotopic (exact) mass is 274 g/mol. The molecule has 0 aliphatic carbocycles. The van der Waals surface area contributed by atoms with E-state index in [0.29, 0.717) is 13.0 Å². The minimum Gasteiger partial charge on any atom is -0.380 e. The lowest BCUT2D eigenvalue weighted by Crippen LogP contribution is -2.29. The molecule has 0 bridgehead atoms. The lowest BCUT2D eigenvalue weighted by molar-refractivity contribution is 0.144. The van der Waals surface area contributed by atoms with Crippen molar-refractivity contribution in [1.29, 1.82) is 0 Å². The molecule has 1 N–H and O–H groups in total. The van der Waals surface area contributed by atoms with Crippen LogP contribution in [0.2, 0.25) is 0 Å². The highest BCUT2D eigenvalue weighted by atomic mass is 32.2. The van der Waals surface area contributed by atoms with E-state index in [1.54, 1.807) is 6.08 Å². The molecule has 7 heteroatoms. The highest BCUT2D eigenvalue weighted by Gasteiger charge is 2.19. The fourth-order valence-electron chi connectivity index (χ4n) is 1.15. The van der Waals surface area contributed by atoms with Gasteiger partial charge >= 0.3 is 0 Å². The average molecular weight is 274 g/mol. The minimum absolute atomic E-state index is 0.0650. The van der Waals surface area contributed by atoms with Gasteiger partial charge in [-0.05, 0) is 18.6 Å². The zero-order valence-corrected chi connectivity index (χ0v) is 10.6. The van der Waals surface area contributed by atoms with E-state index in [1.165, 1.54) is 12.3 Å². The van der Waals surface area contributed by atoms with Gasteiger partial charge in [0, 0.05) is 12.7 Å². The third-order valence-electron chi connectivity index (χ3n) is 1.98. The Bertz CT molecular complexity index is 491. The molecule has 0 atom stereocenters. The topological polar surface area (TPSA) is 68.3 Å². The van der Waals surface area contributed by atoms with Crippen LogP contribution >= 0.6 is 0 Å². The summed E-state index contributed by atoms with van der Waals surface area (Å²) in [6, 6.07) is 2.37. The highest BCUT2D eigenvalue weighted by Crippen LogP contribution is 2.09. The molecule has 0 amide bonds. The number of rotatable bonds is 8. The van der Waals surface area contributed by atoms with Crippen molar-refractivity contribution in [2.75, 3.05) is 19.8 Å². The van der Waals surface area contributed by atoms with E-state index in [0.717, 1.165) is 6.07 Å². The summed E-state index contributed by atoms with van der Waals surface area (Å²) in [5.74, 6) is -0.877. The van der Waals surface area contributed by atoms with Gasteiger partial charge in [-0.15, -0.1) is 6.58 Å². The van der Waals surface area contributed by atoms with E-state index in [-0.39, 0.29) is 13.2 Å². The Morgan fingerprint density at radius 3 is 2.94 bits per heavy atom. The van der Waals surface area contributed by atoms with Gasteiger partial charge < -0.3 is 4.74 Å². The smallest absolute Gasteiger partial charge is 0.261 e. The fourth-order valence-corrected chi connectivity index (χ4v) is 2.17. The largest absolute Gasteiger partial charge is 0.380 e. The van der Waals surface area contributed by atoms with Gasteiger partial charge in [0.1, 0.15) is 0 Å². The molecule has 0 unspecified atom stereocenters. The molecular formula is C11H15FN2O3S. The molecule has 0 saturated heterocycles. The summed E-state index contributed by atoms with van der Waals surface area (Å²) in [7, 11) is -3.92. The Balaban J connectivity index is 2.46. The van der Waals surface area contributed by atoms with E-state index in [4.69, 9.17) is 4.74 Å². The average Bonchev–Trinajstić information content (AvgIpc) is 2.34. The van der Waals surface area contributed by atoms with Gasteiger partial charge in [-0.3, -0.25) is 0 Å². The molecule has 100 valence electrons. The lowest BCUT2D eigenvalue weighted by Gasteiger charge is -2.06. The summed E-state index contributed by atoms with van der Waals surface area (Å²) in [4.78, 5) is 3.50. The van der Waals surface area contributed by atoms with Gasteiger partial charge in [-0.1, -0.05) is 6.08 Å². The Hall–Kier alpha value is -1.31. The summed E-state index contributed by atoms with van der Waals surface area (Å²) in [6.07, 6.45) is 3.62. The summed E-state index contributed by atoms with van der Waals surface area (Å²) in [5, 5.41) is -0.601. The molecule has 0 saturated carbocycles. The van der Waals surface area contributed by atoms with Crippen LogP contribution in [0.15, 0.2) is 36.0 Å². The minimum atomic E-state index is -3.92. The van der Waals surface area contributed by atoms with Crippen LogP contribution in [-0.2, 0) is 14.8 Å². The molecule has 1 aromatic heterocycles. The van der Waals surface area contributed by atoms with Crippen molar-refractivity contribution in [2.24, 2.45) is 0 Å². The molecule has 1 heterocycles. The predicted octanol–water partition coefficient (Wildman–Crippen LogP) is 1.09. The number of pyridine rings is 1. The SMILES string of the molecule is C=CCCOCCNS(=O)(=O)c1ncccc1F. The van der Waals surface area contributed by atoms with Gasteiger partial charge in [0.15, 0.2) is 5.82 Å². The molecule has 1 aromatic rings. The van der Waals surface area contributed by atoms with Crippen LogP contribution in [0.25, 0.3) is 0 Å². The van der Waals surface area contributed by atoms with Crippen molar-refractivity contribution in [3.8, 4) is 0 Å². The van der Waals surface area contributed by atoms with Crippen LogP contribution in [0.1, 0.15) is 6.42 Å². The number of nitrogens with one attached hydrogen (secondary N) is 1. The number of hydrogen-bond acceptors (Lipinski definition) is 4. The number of halogens is 1. The van der Waals surface area contributed by atoms with Crippen LogP contribution in [0.4, 0.5) is 4.39 Å². The van der Waals surface area contributed by atoms with Gasteiger partial charge in [0.05, 0.1) is 13.2 Å². The molecule has 0 spiro atoms. The van der Waals surface area contributed by atoms with Gasteiger partial charge in [0.25, 0.3) is 10.0 Å². The normalized spacial score (nSPS) is 11.4. The van der Waals surface area contributed by atoms with Crippen molar-refractivity contribution in [2.45, 2.75) is 11.4 Å². The first-order valence-electron chi connectivity index (χ1n) is 5.37.